The lowest BCUT2D eigenvalue weighted by Gasteiger charge is -2.31. The summed E-state index contributed by atoms with van der Waals surface area (Å²) >= 11 is 0. The Morgan fingerprint density at radius 3 is 2.70 bits per heavy atom. The van der Waals surface area contributed by atoms with E-state index in [4.69, 9.17) is 9.47 Å². The number of hydrogen-bond donors (Lipinski definition) is 1. The number of nitrogens with one attached hydrogen (secondary N) is 1. The first-order valence-corrected chi connectivity index (χ1v) is 13.1. The molecule has 1 aromatic carbocycles. The van der Waals surface area contributed by atoms with Crippen molar-refractivity contribution in [2.75, 3.05) is 13.2 Å². The van der Waals surface area contributed by atoms with Crippen LogP contribution in [0, 0.1) is 0 Å². The van der Waals surface area contributed by atoms with Crippen molar-refractivity contribution in [1.82, 2.24) is 35.1 Å². The highest BCUT2D eigenvalue weighted by molar-refractivity contribution is 5.83. The third-order valence-corrected chi connectivity index (χ3v) is 7.38. The number of rotatable bonds is 8. The highest BCUT2D eigenvalue weighted by atomic mass is 16.6. The zero-order chi connectivity index (χ0) is 25.2. The van der Waals surface area contributed by atoms with Gasteiger partial charge in [0.25, 0.3) is 5.56 Å². The summed E-state index contributed by atoms with van der Waals surface area (Å²) < 4.78 is 13.5. The zero-order valence-electron chi connectivity index (χ0n) is 21.0. The van der Waals surface area contributed by atoms with E-state index in [1.165, 1.54) is 12.8 Å². The standard InChI is InChI=1S/C27H31N7O3/c1-2-23(26-30-31-32-34(26)21-7-3-4-8-21)33(16-18-6-5-9-28-15-18)17-20-12-19-13-24-25(37-11-10-36-24)14-22(19)29-27(20)35/h5-6,9,12-15,21,23H,2-4,7-8,10-11,16-17H2,1H3,(H,29,35). The number of benzene rings is 1. The summed E-state index contributed by atoms with van der Waals surface area (Å²) in [5.41, 5.74) is 2.35. The maximum atomic E-state index is 13.3. The van der Waals surface area contributed by atoms with Gasteiger partial charge in [-0.25, -0.2) is 4.68 Å². The van der Waals surface area contributed by atoms with Gasteiger partial charge in [0.1, 0.15) is 13.2 Å². The SMILES string of the molecule is CCC(c1nnnn1C1CCCC1)N(Cc1cccnc1)Cc1cc2cc3c(cc2[nH]c1=O)OCCO3. The van der Waals surface area contributed by atoms with Gasteiger partial charge in [0.15, 0.2) is 17.3 Å². The van der Waals surface area contributed by atoms with Crippen molar-refractivity contribution in [3.63, 3.8) is 0 Å². The first-order chi connectivity index (χ1) is 18.2. The predicted octanol–water partition coefficient (Wildman–Crippen LogP) is 3.95. The van der Waals surface area contributed by atoms with Gasteiger partial charge in [0.05, 0.1) is 17.6 Å². The first-order valence-electron chi connectivity index (χ1n) is 13.1. The summed E-state index contributed by atoms with van der Waals surface area (Å²) in [5.74, 6) is 2.21. The Morgan fingerprint density at radius 2 is 1.95 bits per heavy atom. The Bertz CT molecular complexity index is 1430. The lowest BCUT2D eigenvalue weighted by molar-refractivity contribution is 0.158. The predicted molar refractivity (Wildman–Crippen MR) is 137 cm³/mol. The number of H-pyrrole nitrogens is 1. The topological polar surface area (TPSA) is 111 Å². The molecule has 2 aliphatic rings. The van der Waals surface area contributed by atoms with Crippen LogP contribution in [0.25, 0.3) is 10.9 Å². The van der Waals surface area contributed by atoms with Crippen LogP contribution in [-0.4, -0.2) is 48.3 Å². The maximum Gasteiger partial charge on any atom is 0.252 e. The number of pyridine rings is 2. The van der Waals surface area contributed by atoms with Gasteiger partial charge in [0, 0.05) is 42.5 Å². The fraction of sp³-hybridized carbons (Fsp3) is 0.444. The number of nitrogens with zero attached hydrogens (tertiary/aromatic N) is 6. The molecule has 0 bridgehead atoms. The average Bonchev–Trinajstić information content (AvgIpc) is 3.62. The van der Waals surface area contributed by atoms with Gasteiger partial charge in [-0.15, -0.1) is 5.10 Å². The van der Waals surface area contributed by atoms with Crippen LogP contribution < -0.4 is 15.0 Å². The lowest BCUT2D eigenvalue weighted by atomic mass is 10.1. The average molecular weight is 502 g/mol. The molecule has 0 radical (unpaired) electrons. The smallest absolute Gasteiger partial charge is 0.252 e. The van der Waals surface area contributed by atoms with Crippen LogP contribution in [0.4, 0.5) is 0 Å². The van der Waals surface area contributed by atoms with Gasteiger partial charge in [0.2, 0.25) is 0 Å². The van der Waals surface area contributed by atoms with Crippen LogP contribution in [0.3, 0.4) is 0 Å². The van der Waals surface area contributed by atoms with E-state index in [0.29, 0.717) is 49.4 Å². The number of hydrogen-bond acceptors (Lipinski definition) is 8. The van der Waals surface area contributed by atoms with Crippen molar-refractivity contribution >= 4 is 10.9 Å². The van der Waals surface area contributed by atoms with E-state index in [1.54, 1.807) is 6.20 Å². The molecule has 4 heterocycles. The minimum Gasteiger partial charge on any atom is -0.486 e. The number of fused-ring (bicyclic) bond motifs is 2. The quantitative estimate of drug-likeness (QED) is 0.386. The Hall–Kier alpha value is -3.79. The molecule has 1 unspecified atom stereocenters. The third kappa shape index (κ3) is 4.81. The van der Waals surface area contributed by atoms with E-state index in [1.807, 2.05) is 35.1 Å². The summed E-state index contributed by atoms with van der Waals surface area (Å²) in [7, 11) is 0. The van der Waals surface area contributed by atoms with Crippen molar-refractivity contribution in [3.05, 3.63) is 70.0 Å². The van der Waals surface area contributed by atoms with Gasteiger partial charge in [-0.05, 0) is 53.5 Å². The Balaban J connectivity index is 1.37. The van der Waals surface area contributed by atoms with E-state index in [0.717, 1.165) is 41.6 Å². The van der Waals surface area contributed by atoms with E-state index < -0.39 is 0 Å². The monoisotopic (exact) mass is 501 g/mol. The number of tetrazole rings is 1. The van der Waals surface area contributed by atoms with Crippen LogP contribution in [0.1, 0.15) is 68.1 Å². The largest absolute Gasteiger partial charge is 0.486 e. The molecule has 0 saturated heterocycles. The second-order valence-corrected chi connectivity index (χ2v) is 9.82. The molecule has 3 aromatic heterocycles. The molecule has 1 atom stereocenters. The van der Waals surface area contributed by atoms with Crippen molar-refractivity contribution < 1.29 is 9.47 Å². The summed E-state index contributed by atoms with van der Waals surface area (Å²) in [6.45, 7) is 4.21. The van der Waals surface area contributed by atoms with Crippen molar-refractivity contribution in [2.45, 2.75) is 64.2 Å². The lowest BCUT2D eigenvalue weighted by Crippen LogP contribution is -2.32. The second-order valence-electron chi connectivity index (χ2n) is 9.82. The summed E-state index contributed by atoms with van der Waals surface area (Å²) in [6, 6.07) is 9.99. The summed E-state index contributed by atoms with van der Waals surface area (Å²) in [5, 5.41) is 13.8. The molecule has 0 amide bonds. The molecule has 1 N–H and O–H groups in total. The minimum atomic E-state index is -0.120. The molecule has 0 spiro atoms. The van der Waals surface area contributed by atoms with E-state index in [2.05, 4.69) is 43.4 Å². The van der Waals surface area contributed by atoms with Crippen molar-refractivity contribution in [1.29, 1.82) is 0 Å². The van der Waals surface area contributed by atoms with Crippen LogP contribution >= 0.6 is 0 Å². The first kappa shape index (κ1) is 23.6. The van der Waals surface area contributed by atoms with Gasteiger partial charge in [-0.1, -0.05) is 25.8 Å². The Kier molecular flexibility index (Phi) is 6.57. The highest BCUT2D eigenvalue weighted by Gasteiger charge is 2.30. The molecular formula is C27H31N7O3. The molecule has 4 aromatic rings. The van der Waals surface area contributed by atoms with E-state index in [9.17, 15) is 4.79 Å². The molecule has 1 aliphatic heterocycles. The van der Waals surface area contributed by atoms with Gasteiger partial charge >= 0.3 is 0 Å². The van der Waals surface area contributed by atoms with Gasteiger partial charge in [-0.3, -0.25) is 14.7 Å². The van der Waals surface area contributed by atoms with Crippen LogP contribution in [0.15, 0.2) is 47.5 Å². The zero-order valence-corrected chi connectivity index (χ0v) is 21.0. The Morgan fingerprint density at radius 1 is 1.14 bits per heavy atom. The molecular weight excluding hydrogens is 470 g/mol. The molecule has 192 valence electrons. The van der Waals surface area contributed by atoms with Crippen LogP contribution in [-0.2, 0) is 13.1 Å². The third-order valence-electron chi connectivity index (χ3n) is 7.38. The molecule has 37 heavy (non-hydrogen) atoms. The van der Waals surface area contributed by atoms with Crippen molar-refractivity contribution in [2.24, 2.45) is 0 Å². The molecule has 1 fully saturated rings. The molecule has 6 rings (SSSR count). The number of ether oxygens (including phenoxy) is 2. The number of aromatic amines is 1. The fourth-order valence-electron chi connectivity index (χ4n) is 5.56. The van der Waals surface area contributed by atoms with Crippen molar-refractivity contribution in [3.8, 4) is 11.5 Å². The minimum absolute atomic E-state index is 0.0637. The van der Waals surface area contributed by atoms with E-state index >= 15 is 0 Å². The maximum absolute atomic E-state index is 13.3. The normalized spacial score (nSPS) is 16.5. The molecule has 1 aliphatic carbocycles. The molecule has 10 heteroatoms. The summed E-state index contributed by atoms with van der Waals surface area (Å²) in [6.07, 6.45) is 9.03. The van der Waals surface area contributed by atoms with Gasteiger partial charge in [-0.2, -0.15) is 0 Å². The van der Waals surface area contributed by atoms with Crippen LogP contribution in [0.5, 0.6) is 11.5 Å². The Labute approximate surface area is 214 Å². The molecule has 10 nitrogen and oxygen atoms in total. The summed E-state index contributed by atoms with van der Waals surface area (Å²) in [4.78, 5) is 22.9. The van der Waals surface area contributed by atoms with E-state index in [-0.39, 0.29) is 11.6 Å². The second kappa shape index (κ2) is 10.3. The molecule has 1 saturated carbocycles. The fourth-order valence-corrected chi connectivity index (χ4v) is 5.56. The number of aromatic nitrogens is 6. The highest BCUT2D eigenvalue weighted by Crippen LogP contribution is 2.35. The van der Waals surface area contributed by atoms with Gasteiger partial charge < -0.3 is 14.5 Å². The van der Waals surface area contributed by atoms with Crippen LogP contribution in [0.2, 0.25) is 0 Å².